The summed E-state index contributed by atoms with van der Waals surface area (Å²) < 4.78 is 8.20. The third-order valence-electron chi connectivity index (χ3n) is 4.05. The molecule has 2 aromatic heterocycles. The summed E-state index contributed by atoms with van der Waals surface area (Å²) >= 11 is 1.59. The van der Waals surface area contributed by atoms with Crippen LogP contribution in [-0.4, -0.2) is 31.6 Å². The summed E-state index contributed by atoms with van der Waals surface area (Å²) in [7, 11) is 3.42. The molecule has 0 fully saturated rings. The summed E-state index contributed by atoms with van der Waals surface area (Å²) in [6.45, 7) is 2.01. The van der Waals surface area contributed by atoms with Crippen LogP contribution in [-0.2, 0) is 26.4 Å². The van der Waals surface area contributed by atoms with E-state index in [9.17, 15) is 9.59 Å². The average molecular weight is 376 g/mol. The Kier molecular flexibility index (Phi) is 5.03. The maximum absolute atomic E-state index is 12.2. The van der Waals surface area contributed by atoms with E-state index in [-0.39, 0.29) is 12.2 Å². The number of hydrogen-bond acceptors (Lipinski definition) is 6. The molecule has 2 heterocycles. The fraction of sp³-hybridized carbons (Fsp3) is 0.375. The van der Waals surface area contributed by atoms with Crippen LogP contribution in [0.1, 0.15) is 17.3 Å². The van der Waals surface area contributed by atoms with Crippen molar-refractivity contribution in [1.82, 2.24) is 24.6 Å². The highest BCUT2D eigenvalue weighted by Gasteiger charge is 2.13. The molecule has 0 atom stereocenters. The predicted molar refractivity (Wildman–Crippen MR) is 100 cm³/mol. The SMILES string of the molecule is CSCc1noc(CNC(=O)Nc2cc3c(cc2C)n(C)c(=O)n3C)n1. The summed E-state index contributed by atoms with van der Waals surface area (Å²) in [6, 6.07) is 3.27. The van der Waals surface area contributed by atoms with Crippen LogP contribution in [0.3, 0.4) is 0 Å². The number of thioether (sulfide) groups is 1. The van der Waals surface area contributed by atoms with Gasteiger partial charge < -0.3 is 15.2 Å². The minimum absolute atomic E-state index is 0.113. The summed E-state index contributed by atoms with van der Waals surface area (Å²) in [5.74, 6) is 1.60. The first kappa shape index (κ1) is 18.1. The molecule has 138 valence electrons. The zero-order valence-corrected chi connectivity index (χ0v) is 15.8. The van der Waals surface area contributed by atoms with E-state index < -0.39 is 6.03 Å². The molecule has 2 N–H and O–H groups in total. The van der Waals surface area contributed by atoms with Crippen molar-refractivity contribution < 1.29 is 9.32 Å². The summed E-state index contributed by atoms with van der Waals surface area (Å²) in [5.41, 5.74) is 2.93. The van der Waals surface area contributed by atoms with Gasteiger partial charge in [-0.3, -0.25) is 9.13 Å². The third-order valence-corrected chi connectivity index (χ3v) is 4.60. The van der Waals surface area contributed by atoms with Crippen LogP contribution in [0.4, 0.5) is 10.5 Å². The van der Waals surface area contributed by atoms with Crippen LogP contribution in [0.5, 0.6) is 0 Å². The van der Waals surface area contributed by atoms with Gasteiger partial charge in [0.05, 0.1) is 23.3 Å². The number of nitrogens with one attached hydrogen (secondary N) is 2. The maximum atomic E-state index is 12.2. The standard InChI is InChI=1S/C16H20N6O3S/c1-9-5-11-12(22(3)16(24)21(11)2)6-10(9)18-15(23)17-7-14-19-13(8-26-4)20-25-14/h5-6H,7-8H2,1-4H3,(H2,17,18,23). The van der Waals surface area contributed by atoms with Crippen molar-refractivity contribution in [2.75, 3.05) is 11.6 Å². The molecule has 9 nitrogen and oxygen atoms in total. The Morgan fingerprint density at radius 2 is 1.96 bits per heavy atom. The summed E-state index contributed by atoms with van der Waals surface area (Å²) in [6.07, 6.45) is 1.95. The van der Waals surface area contributed by atoms with E-state index in [1.807, 2.05) is 19.2 Å². The van der Waals surface area contributed by atoms with Crippen molar-refractivity contribution in [3.63, 3.8) is 0 Å². The number of benzene rings is 1. The minimum atomic E-state index is -0.391. The lowest BCUT2D eigenvalue weighted by molar-refractivity contribution is 0.249. The van der Waals surface area contributed by atoms with Crippen LogP contribution >= 0.6 is 11.8 Å². The van der Waals surface area contributed by atoms with Gasteiger partial charge in [0.2, 0.25) is 5.89 Å². The van der Waals surface area contributed by atoms with Gasteiger partial charge >= 0.3 is 11.7 Å². The van der Waals surface area contributed by atoms with Gasteiger partial charge in [-0.1, -0.05) is 5.16 Å². The Bertz CT molecular complexity index is 1020. The molecule has 3 rings (SSSR count). The van der Waals surface area contributed by atoms with Crippen molar-refractivity contribution in [3.8, 4) is 0 Å². The van der Waals surface area contributed by atoms with Crippen LogP contribution in [0.2, 0.25) is 0 Å². The van der Waals surface area contributed by atoms with Gasteiger partial charge in [0.1, 0.15) is 0 Å². The first-order valence-electron chi connectivity index (χ1n) is 7.92. The zero-order chi connectivity index (χ0) is 18.8. The number of urea groups is 1. The molecule has 0 radical (unpaired) electrons. The topological polar surface area (TPSA) is 107 Å². The van der Waals surface area contributed by atoms with Crippen LogP contribution in [0, 0.1) is 6.92 Å². The number of carbonyl (C=O) groups excluding carboxylic acids is 1. The smallest absolute Gasteiger partial charge is 0.328 e. The molecule has 0 saturated heterocycles. The Morgan fingerprint density at radius 3 is 2.65 bits per heavy atom. The molecule has 0 aliphatic rings. The molecule has 10 heteroatoms. The molecule has 0 aliphatic carbocycles. The first-order valence-corrected chi connectivity index (χ1v) is 9.31. The summed E-state index contributed by atoms with van der Waals surface area (Å²) in [5, 5.41) is 9.30. The van der Waals surface area contributed by atoms with E-state index in [1.165, 1.54) is 0 Å². The van der Waals surface area contributed by atoms with Gasteiger partial charge in [-0.25, -0.2) is 9.59 Å². The van der Waals surface area contributed by atoms with Gasteiger partial charge in [-0.2, -0.15) is 16.7 Å². The maximum Gasteiger partial charge on any atom is 0.328 e. The number of nitrogens with zero attached hydrogens (tertiary/aromatic N) is 4. The lowest BCUT2D eigenvalue weighted by atomic mass is 10.1. The number of aromatic nitrogens is 4. The molecule has 0 unspecified atom stereocenters. The van der Waals surface area contributed by atoms with Gasteiger partial charge in [0.15, 0.2) is 5.82 Å². The number of carbonyl (C=O) groups is 1. The van der Waals surface area contributed by atoms with Crippen LogP contribution in [0.15, 0.2) is 21.5 Å². The Labute approximate surface area is 153 Å². The molecular weight excluding hydrogens is 356 g/mol. The van der Waals surface area contributed by atoms with Gasteiger partial charge in [0, 0.05) is 19.8 Å². The Balaban J connectivity index is 1.71. The first-order chi connectivity index (χ1) is 12.4. The van der Waals surface area contributed by atoms with Gasteiger partial charge in [-0.05, 0) is 30.9 Å². The zero-order valence-electron chi connectivity index (χ0n) is 15.0. The fourth-order valence-corrected chi connectivity index (χ4v) is 3.03. The number of imidazole rings is 1. The van der Waals surface area contributed by atoms with E-state index in [4.69, 9.17) is 4.52 Å². The van der Waals surface area contributed by atoms with Crippen molar-refractivity contribution in [2.45, 2.75) is 19.2 Å². The number of fused-ring (bicyclic) bond motifs is 1. The molecule has 3 aromatic rings. The van der Waals surface area contributed by atoms with Crippen molar-refractivity contribution in [3.05, 3.63) is 39.9 Å². The number of amides is 2. The second kappa shape index (κ2) is 7.24. The highest BCUT2D eigenvalue weighted by atomic mass is 32.2. The molecule has 0 saturated carbocycles. The minimum Gasteiger partial charge on any atom is -0.337 e. The highest BCUT2D eigenvalue weighted by Crippen LogP contribution is 2.22. The molecule has 0 aliphatic heterocycles. The second-order valence-corrected chi connectivity index (χ2v) is 6.77. The lowest BCUT2D eigenvalue weighted by Crippen LogP contribution is -2.28. The summed E-state index contributed by atoms with van der Waals surface area (Å²) in [4.78, 5) is 28.4. The number of aryl methyl sites for hydroxylation is 3. The normalized spacial score (nSPS) is 11.1. The van der Waals surface area contributed by atoms with E-state index in [0.29, 0.717) is 23.2 Å². The van der Waals surface area contributed by atoms with Crippen LogP contribution in [0.25, 0.3) is 11.0 Å². The average Bonchev–Trinajstić information content (AvgIpc) is 3.14. The number of rotatable bonds is 5. The van der Waals surface area contributed by atoms with Gasteiger partial charge in [0.25, 0.3) is 0 Å². The second-order valence-electron chi connectivity index (χ2n) is 5.90. The number of anilines is 1. The highest BCUT2D eigenvalue weighted by molar-refractivity contribution is 7.97. The van der Waals surface area contributed by atoms with E-state index in [1.54, 1.807) is 41.1 Å². The molecular formula is C16H20N6O3S. The van der Waals surface area contributed by atoms with E-state index in [0.717, 1.165) is 16.6 Å². The van der Waals surface area contributed by atoms with E-state index in [2.05, 4.69) is 20.8 Å². The molecule has 0 spiro atoms. The van der Waals surface area contributed by atoms with Crippen LogP contribution < -0.4 is 16.3 Å². The van der Waals surface area contributed by atoms with Crippen molar-refractivity contribution in [1.29, 1.82) is 0 Å². The Hall–Kier alpha value is -2.75. The Morgan fingerprint density at radius 1 is 1.27 bits per heavy atom. The van der Waals surface area contributed by atoms with Crippen molar-refractivity contribution in [2.24, 2.45) is 14.1 Å². The largest absolute Gasteiger partial charge is 0.337 e. The van der Waals surface area contributed by atoms with E-state index >= 15 is 0 Å². The molecule has 1 aromatic carbocycles. The molecule has 2 amide bonds. The molecule has 26 heavy (non-hydrogen) atoms. The predicted octanol–water partition coefficient (Wildman–Crippen LogP) is 1.75. The fourth-order valence-electron chi connectivity index (χ4n) is 2.66. The third kappa shape index (κ3) is 3.45. The quantitative estimate of drug-likeness (QED) is 0.703. The molecule has 0 bridgehead atoms. The monoisotopic (exact) mass is 376 g/mol. The number of hydrogen-bond donors (Lipinski definition) is 2. The lowest BCUT2D eigenvalue weighted by Gasteiger charge is -2.10. The van der Waals surface area contributed by atoms with Gasteiger partial charge in [-0.15, -0.1) is 0 Å². The van der Waals surface area contributed by atoms with Crippen molar-refractivity contribution >= 4 is 34.5 Å².